The van der Waals surface area contributed by atoms with E-state index in [1.165, 1.54) is 13.2 Å². The third-order valence-corrected chi connectivity index (χ3v) is 3.24. The molecule has 1 aromatic rings. The molecule has 20 heavy (non-hydrogen) atoms. The van der Waals surface area contributed by atoms with Crippen LogP contribution in [0.3, 0.4) is 0 Å². The Hall–Kier alpha value is -1.62. The number of carbonyl (C=O) groups excluding carboxylic acids is 2. The van der Waals surface area contributed by atoms with Gasteiger partial charge >= 0.3 is 5.97 Å². The first-order valence-electron chi connectivity index (χ1n) is 6.28. The summed E-state index contributed by atoms with van der Waals surface area (Å²) in [5.41, 5.74) is 0.954. The number of hydrogen-bond donors (Lipinski definition) is 0. The van der Waals surface area contributed by atoms with Crippen molar-refractivity contribution in [2.24, 2.45) is 0 Å². The van der Waals surface area contributed by atoms with Crippen LogP contribution in [0.25, 0.3) is 6.08 Å². The van der Waals surface area contributed by atoms with Crippen LogP contribution in [0.4, 0.5) is 0 Å². The van der Waals surface area contributed by atoms with Crippen molar-refractivity contribution in [1.82, 2.24) is 4.90 Å². The van der Waals surface area contributed by atoms with E-state index in [1.54, 1.807) is 18.0 Å². The second-order valence-corrected chi connectivity index (χ2v) is 5.24. The molecule has 0 bridgehead atoms. The number of benzene rings is 1. The molecule has 0 heterocycles. The Kier molecular flexibility index (Phi) is 7.01. The third-order valence-electron chi connectivity index (χ3n) is 2.75. The molecule has 0 N–H and O–H groups in total. The van der Waals surface area contributed by atoms with Crippen LogP contribution in [0.15, 0.2) is 34.8 Å². The molecule has 0 aliphatic rings. The standard InChI is InChI=1S/C15H18BrNO3/c1-17(10-4-7-15(19)20-2)14(18)9-8-12-5-3-6-13(16)11-12/h3,5-6,8-9,11H,4,7,10H2,1-2H3/b9-8-. The van der Waals surface area contributed by atoms with Crippen LogP contribution in [0.1, 0.15) is 18.4 Å². The van der Waals surface area contributed by atoms with E-state index >= 15 is 0 Å². The van der Waals surface area contributed by atoms with Crippen LogP contribution in [0.2, 0.25) is 0 Å². The first-order valence-corrected chi connectivity index (χ1v) is 7.08. The maximum Gasteiger partial charge on any atom is 0.305 e. The molecule has 0 saturated heterocycles. The molecule has 0 saturated carbocycles. The predicted octanol–water partition coefficient (Wildman–Crippen LogP) is 2.87. The molecule has 4 nitrogen and oxygen atoms in total. The number of halogens is 1. The number of hydrogen-bond acceptors (Lipinski definition) is 3. The zero-order chi connectivity index (χ0) is 15.0. The molecule has 0 unspecified atom stereocenters. The summed E-state index contributed by atoms with van der Waals surface area (Å²) < 4.78 is 5.52. The number of nitrogens with zero attached hydrogens (tertiary/aromatic N) is 1. The van der Waals surface area contributed by atoms with Gasteiger partial charge in [0.05, 0.1) is 7.11 Å². The van der Waals surface area contributed by atoms with Gasteiger partial charge in [-0.25, -0.2) is 0 Å². The van der Waals surface area contributed by atoms with E-state index < -0.39 is 0 Å². The average molecular weight is 340 g/mol. The molecule has 108 valence electrons. The molecule has 1 amide bonds. The van der Waals surface area contributed by atoms with Gasteiger partial charge in [0.25, 0.3) is 0 Å². The number of rotatable bonds is 6. The van der Waals surface area contributed by atoms with Gasteiger partial charge in [0, 0.05) is 30.6 Å². The molecule has 0 aromatic heterocycles. The maximum absolute atomic E-state index is 11.9. The molecule has 0 fully saturated rings. The van der Waals surface area contributed by atoms with E-state index in [4.69, 9.17) is 0 Å². The maximum atomic E-state index is 11.9. The normalized spacial score (nSPS) is 10.6. The summed E-state index contributed by atoms with van der Waals surface area (Å²) >= 11 is 3.38. The molecule has 5 heteroatoms. The van der Waals surface area contributed by atoms with Gasteiger partial charge in [0.15, 0.2) is 0 Å². The van der Waals surface area contributed by atoms with Crippen molar-refractivity contribution in [2.75, 3.05) is 20.7 Å². The number of carbonyl (C=O) groups is 2. The van der Waals surface area contributed by atoms with E-state index in [2.05, 4.69) is 20.7 Å². The van der Waals surface area contributed by atoms with E-state index in [0.29, 0.717) is 19.4 Å². The molecular weight excluding hydrogens is 322 g/mol. The van der Waals surface area contributed by atoms with Crippen molar-refractivity contribution in [3.8, 4) is 0 Å². The smallest absolute Gasteiger partial charge is 0.305 e. The predicted molar refractivity (Wildman–Crippen MR) is 82.1 cm³/mol. The minimum Gasteiger partial charge on any atom is -0.469 e. The van der Waals surface area contributed by atoms with Crippen LogP contribution in [0, 0.1) is 0 Å². The first kappa shape index (κ1) is 16.4. The molecule has 0 atom stereocenters. The summed E-state index contributed by atoms with van der Waals surface area (Å²) in [5, 5.41) is 0. The van der Waals surface area contributed by atoms with Gasteiger partial charge in [-0.1, -0.05) is 28.1 Å². The van der Waals surface area contributed by atoms with Crippen molar-refractivity contribution in [2.45, 2.75) is 12.8 Å². The number of amides is 1. The first-order chi connectivity index (χ1) is 9.52. The highest BCUT2D eigenvalue weighted by molar-refractivity contribution is 9.10. The van der Waals surface area contributed by atoms with Gasteiger partial charge in [-0.15, -0.1) is 0 Å². The van der Waals surface area contributed by atoms with Gasteiger partial charge in [-0.2, -0.15) is 0 Å². The van der Waals surface area contributed by atoms with Gasteiger partial charge in [-0.3, -0.25) is 9.59 Å². The summed E-state index contributed by atoms with van der Waals surface area (Å²) in [5.74, 6) is -0.342. The molecule has 0 aliphatic heterocycles. The summed E-state index contributed by atoms with van der Waals surface area (Å²) in [6.45, 7) is 0.525. The molecule has 0 spiro atoms. The fourth-order valence-electron chi connectivity index (χ4n) is 1.58. The zero-order valence-electron chi connectivity index (χ0n) is 11.6. The molecule has 0 aliphatic carbocycles. The van der Waals surface area contributed by atoms with Crippen molar-refractivity contribution in [3.63, 3.8) is 0 Å². The summed E-state index contributed by atoms with van der Waals surface area (Å²) in [4.78, 5) is 24.4. The summed E-state index contributed by atoms with van der Waals surface area (Å²) in [6.07, 6.45) is 4.22. The topological polar surface area (TPSA) is 46.6 Å². The Morgan fingerprint density at radius 2 is 2.15 bits per heavy atom. The Morgan fingerprint density at radius 3 is 2.80 bits per heavy atom. The van der Waals surface area contributed by atoms with Gasteiger partial charge < -0.3 is 9.64 Å². The summed E-state index contributed by atoms with van der Waals surface area (Å²) in [6, 6.07) is 7.69. The SMILES string of the molecule is COC(=O)CCCN(C)C(=O)/C=C\c1cccc(Br)c1. The zero-order valence-corrected chi connectivity index (χ0v) is 13.2. The van der Waals surface area contributed by atoms with E-state index in [-0.39, 0.29) is 11.9 Å². The highest BCUT2D eigenvalue weighted by Gasteiger charge is 2.06. The minimum atomic E-state index is -0.254. The van der Waals surface area contributed by atoms with Crippen LogP contribution in [-0.4, -0.2) is 37.5 Å². The minimum absolute atomic E-state index is 0.0881. The highest BCUT2D eigenvalue weighted by atomic mass is 79.9. The fraction of sp³-hybridized carbons (Fsp3) is 0.333. The van der Waals surface area contributed by atoms with Gasteiger partial charge in [0.1, 0.15) is 0 Å². The quantitative estimate of drug-likeness (QED) is 0.591. The number of ether oxygens (including phenoxy) is 1. The van der Waals surface area contributed by atoms with Crippen LogP contribution >= 0.6 is 15.9 Å². The lowest BCUT2D eigenvalue weighted by Gasteiger charge is -2.14. The Morgan fingerprint density at radius 1 is 1.40 bits per heavy atom. The number of likely N-dealkylation sites (N-methyl/N-ethyl adjacent to an activating group) is 1. The van der Waals surface area contributed by atoms with Crippen molar-refractivity contribution in [1.29, 1.82) is 0 Å². The lowest BCUT2D eigenvalue weighted by Crippen LogP contribution is -2.26. The third kappa shape index (κ3) is 6.02. The lowest BCUT2D eigenvalue weighted by molar-refractivity contribution is -0.141. The van der Waals surface area contributed by atoms with E-state index in [1.807, 2.05) is 24.3 Å². The molecule has 1 rings (SSSR count). The largest absolute Gasteiger partial charge is 0.469 e. The summed E-state index contributed by atoms with van der Waals surface area (Å²) in [7, 11) is 3.07. The number of methoxy groups -OCH3 is 1. The van der Waals surface area contributed by atoms with E-state index in [9.17, 15) is 9.59 Å². The monoisotopic (exact) mass is 339 g/mol. The molecule has 0 radical (unpaired) electrons. The second kappa shape index (κ2) is 8.53. The van der Waals surface area contributed by atoms with Crippen molar-refractivity contribution >= 4 is 33.9 Å². The van der Waals surface area contributed by atoms with Gasteiger partial charge in [0.2, 0.25) is 5.91 Å². The van der Waals surface area contributed by atoms with Crippen LogP contribution < -0.4 is 0 Å². The molecule has 1 aromatic carbocycles. The van der Waals surface area contributed by atoms with Crippen molar-refractivity contribution in [3.05, 3.63) is 40.4 Å². The Balaban J connectivity index is 2.43. The Labute approximate surface area is 127 Å². The van der Waals surface area contributed by atoms with Gasteiger partial charge in [-0.05, 0) is 30.2 Å². The highest BCUT2D eigenvalue weighted by Crippen LogP contribution is 2.12. The van der Waals surface area contributed by atoms with E-state index in [0.717, 1.165) is 10.0 Å². The van der Waals surface area contributed by atoms with Crippen molar-refractivity contribution < 1.29 is 14.3 Å². The van der Waals surface area contributed by atoms with Crippen LogP contribution in [0.5, 0.6) is 0 Å². The average Bonchev–Trinajstić information content (AvgIpc) is 2.44. The second-order valence-electron chi connectivity index (χ2n) is 4.33. The fourth-order valence-corrected chi connectivity index (χ4v) is 1.99. The number of esters is 1. The Bertz CT molecular complexity index is 500. The van der Waals surface area contributed by atoms with Crippen LogP contribution in [-0.2, 0) is 14.3 Å². The molecular formula is C15H18BrNO3. The lowest BCUT2D eigenvalue weighted by atomic mass is 10.2.